The van der Waals surface area contributed by atoms with Crippen molar-refractivity contribution in [3.8, 4) is 0 Å². The minimum Gasteiger partial charge on any atom is -0.317 e. The molecule has 0 amide bonds. The molecule has 19 heavy (non-hydrogen) atoms. The molecule has 0 spiro atoms. The highest BCUT2D eigenvalue weighted by Crippen LogP contribution is 2.41. The second-order valence-electron chi connectivity index (χ2n) is 6.93. The van der Waals surface area contributed by atoms with Gasteiger partial charge < -0.3 is 5.32 Å². The van der Waals surface area contributed by atoms with Crippen LogP contribution in [0.25, 0.3) is 0 Å². The van der Waals surface area contributed by atoms with E-state index in [1.54, 1.807) is 4.80 Å². The molecule has 5 nitrogen and oxygen atoms in total. The lowest BCUT2D eigenvalue weighted by atomic mass is 9.67. The molecular weight excluding hydrogens is 238 g/mol. The smallest absolute Gasteiger partial charge is 0.175 e. The second kappa shape index (κ2) is 5.57. The normalized spacial score (nSPS) is 28.6. The molecule has 1 fully saturated rings. The van der Waals surface area contributed by atoms with Crippen molar-refractivity contribution in [3.63, 3.8) is 0 Å². The van der Waals surface area contributed by atoms with E-state index in [2.05, 4.69) is 48.5 Å². The maximum atomic E-state index is 4.33. The maximum Gasteiger partial charge on any atom is 0.175 e. The topological polar surface area (TPSA) is 55.6 Å². The van der Waals surface area contributed by atoms with E-state index in [1.165, 1.54) is 19.3 Å². The zero-order valence-electron chi connectivity index (χ0n) is 12.8. The van der Waals surface area contributed by atoms with Gasteiger partial charge in [-0.3, -0.25) is 0 Å². The molecule has 3 atom stereocenters. The number of aromatic nitrogens is 4. The van der Waals surface area contributed by atoms with Crippen molar-refractivity contribution in [1.29, 1.82) is 0 Å². The van der Waals surface area contributed by atoms with Crippen molar-refractivity contribution in [2.24, 2.45) is 24.3 Å². The van der Waals surface area contributed by atoms with Gasteiger partial charge in [-0.15, -0.1) is 10.2 Å². The lowest BCUT2D eigenvalue weighted by molar-refractivity contribution is 0.115. The van der Waals surface area contributed by atoms with Crippen LogP contribution in [0.1, 0.15) is 45.9 Å². The number of rotatable bonds is 3. The Morgan fingerprint density at radius 1 is 1.32 bits per heavy atom. The first-order chi connectivity index (χ1) is 8.90. The standard InChI is InChI=1S/C14H27N5/c1-14(2,3)11-6-7-12(15-4)10(8-11)9-13-16-18-19(5)17-13/h10-12,15H,6-9H2,1-5H3. The zero-order chi connectivity index (χ0) is 14.0. The van der Waals surface area contributed by atoms with Crippen molar-refractivity contribution in [2.75, 3.05) is 7.05 Å². The minimum absolute atomic E-state index is 0.396. The van der Waals surface area contributed by atoms with Gasteiger partial charge in [-0.2, -0.15) is 4.80 Å². The van der Waals surface area contributed by atoms with Gasteiger partial charge in [0, 0.05) is 12.5 Å². The molecule has 0 aromatic carbocycles. The van der Waals surface area contributed by atoms with Crippen molar-refractivity contribution >= 4 is 0 Å². The monoisotopic (exact) mass is 265 g/mol. The molecule has 0 radical (unpaired) electrons. The average Bonchev–Trinajstić information content (AvgIpc) is 2.73. The summed E-state index contributed by atoms with van der Waals surface area (Å²) in [6, 6.07) is 0.586. The number of hydrogen-bond acceptors (Lipinski definition) is 4. The van der Waals surface area contributed by atoms with Crippen molar-refractivity contribution < 1.29 is 0 Å². The fourth-order valence-electron chi connectivity index (χ4n) is 3.30. The molecule has 1 aliphatic carbocycles. The molecule has 1 aliphatic rings. The Morgan fingerprint density at radius 2 is 2.05 bits per heavy atom. The van der Waals surface area contributed by atoms with Gasteiger partial charge in [-0.05, 0) is 48.8 Å². The molecule has 0 bridgehead atoms. The van der Waals surface area contributed by atoms with Gasteiger partial charge >= 0.3 is 0 Å². The van der Waals surface area contributed by atoms with Crippen LogP contribution in [0.3, 0.4) is 0 Å². The lowest BCUT2D eigenvalue weighted by Gasteiger charge is -2.41. The minimum atomic E-state index is 0.396. The number of aryl methyl sites for hydroxylation is 1. The molecule has 0 aliphatic heterocycles. The molecular formula is C14H27N5. The van der Waals surface area contributed by atoms with Crippen molar-refractivity contribution in [3.05, 3.63) is 5.82 Å². The Kier molecular flexibility index (Phi) is 4.23. The Labute approximate surface area is 116 Å². The van der Waals surface area contributed by atoms with E-state index < -0.39 is 0 Å². The van der Waals surface area contributed by atoms with Gasteiger partial charge in [-0.1, -0.05) is 20.8 Å². The van der Waals surface area contributed by atoms with Crippen LogP contribution in [0, 0.1) is 17.3 Å². The van der Waals surface area contributed by atoms with Crippen LogP contribution in [0.15, 0.2) is 0 Å². The molecule has 3 unspecified atom stereocenters. The SMILES string of the molecule is CNC1CCC(C(C)(C)C)CC1Cc1nnn(C)n1. The highest BCUT2D eigenvalue weighted by atomic mass is 15.6. The van der Waals surface area contributed by atoms with Gasteiger partial charge in [0.25, 0.3) is 0 Å². The molecule has 108 valence electrons. The highest BCUT2D eigenvalue weighted by Gasteiger charge is 2.35. The molecule has 2 rings (SSSR count). The third kappa shape index (κ3) is 3.53. The van der Waals surface area contributed by atoms with Crippen LogP contribution in [-0.2, 0) is 13.5 Å². The first kappa shape index (κ1) is 14.4. The summed E-state index contributed by atoms with van der Waals surface area (Å²) in [5.41, 5.74) is 0.396. The molecule has 0 saturated heterocycles. The van der Waals surface area contributed by atoms with E-state index in [-0.39, 0.29) is 0 Å². The quantitative estimate of drug-likeness (QED) is 0.905. The van der Waals surface area contributed by atoms with Gasteiger partial charge in [0.15, 0.2) is 5.82 Å². The molecule has 1 aromatic heterocycles. The summed E-state index contributed by atoms with van der Waals surface area (Å²) in [6.45, 7) is 7.07. The van der Waals surface area contributed by atoms with Crippen LogP contribution >= 0.6 is 0 Å². The van der Waals surface area contributed by atoms with E-state index in [0.717, 1.165) is 18.2 Å². The van der Waals surface area contributed by atoms with Crippen LogP contribution < -0.4 is 5.32 Å². The first-order valence-corrected chi connectivity index (χ1v) is 7.30. The first-order valence-electron chi connectivity index (χ1n) is 7.30. The Hall–Kier alpha value is -0.970. The lowest BCUT2D eigenvalue weighted by Crippen LogP contribution is -2.42. The van der Waals surface area contributed by atoms with Crippen LogP contribution in [0.2, 0.25) is 0 Å². The summed E-state index contributed by atoms with van der Waals surface area (Å²) >= 11 is 0. The van der Waals surface area contributed by atoms with E-state index in [9.17, 15) is 0 Å². The Balaban J connectivity index is 2.05. The van der Waals surface area contributed by atoms with Gasteiger partial charge in [-0.25, -0.2) is 0 Å². The summed E-state index contributed by atoms with van der Waals surface area (Å²) in [5, 5.41) is 15.9. The Bertz CT molecular complexity index is 406. The number of tetrazole rings is 1. The third-order valence-electron chi connectivity index (χ3n) is 4.57. The van der Waals surface area contributed by atoms with Gasteiger partial charge in [0.2, 0.25) is 0 Å². The number of nitrogens with one attached hydrogen (secondary N) is 1. The highest BCUT2D eigenvalue weighted by molar-refractivity contribution is 4.93. The summed E-state index contributed by atoms with van der Waals surface area (Å²) in [4.78, 5) is 1.55. The summed E-state index contributed by atoms with van der Waals surface area (Å²) in [6.07, 6.45) is 4.77. The summed E-state index contributed by atoms with van der Waals surface area (Å²) in [5.74, 6) is 2.29. The van der Waals surface area contributed by atoms with Crippen molar-refractivity contribution in [2.45, 2.75) is 52.5 Å². The predicted octanol–water partition coefficient (Wildman–Crippen LogP) is 1.80. The zero-order valence-corrected chi connectivity index (χ0v) is 12.8. The molecule has 5 heteroatoms. The van der Waals surface area contributed by atoms with Gasteiger partial charge in [0.05, 0.1) is 7.05 Å². The molecule has 1 N–H and O–H groups in total. The third-order valence-corrected chi connectivity index (χ3v) is 4.57. The van der Waals surface area contributed by atoms with E-state index in [4.69, 9.17) is 0 Å². The predicted molar refractivity (Wildman–Crippen MR) is 75.6 cm³/mol. The summed E-state index contributed by atoms with van der Waals surface area (Å²) < 4.78 is 0. The van der Waals surface area contributed by atoms with Crippen molar-refractivity contribution in [1.82, 2.24) is 25.5 Å². The fourth-order valence-corrected chi connectivity index (χ4v) is 3.30. The van der Waals surface area contributed by atoms with E-state index in [0.29, 0.717) is 17.4 Å². The average molecular weight is 265 g/mol. The van der Waals surface area contributed by atoms with Crippen LogP contribution in [0.4, 0.5) is 0 Å². The number of nitrogens with zero attached hydrogens (tertiary/aromatic N) is 4. The molecule has 1 heterocycles. The summed E-state index contributed by atoms with van der Waals surface area (Å²) in [7, 11) is 3.89. The molecule has 1 saturated carbocycles. The second-order valence-corrected chi connectivity index (χ2v) is 6.93. The van der Waals surface area contributed by atoms with E-state index in [1.807, 2.05) is 7.05 Å². The Morgan fingerprint density at radius 3 is 2.58 bits per heavy atom. The van der Waals surface area contributed by atoms with E-state index >= 15 is 0 Å². The number of hydrogen-bond donors (Lipinski definition) is 1. The van der Waals surface area contributed by atoms with Crippen LogP contribution in [-0.4, -0.2) is 33.3 Å². The largest absolute Gasteiger partial charge is 0.317 e. The maximum absolute atomic E-state index is 4.33. The van der Waals surface area contributed by atoms with Crippen LogP contribution in [0.5, 0.6) is 0 Å². The fraction of sp³-hybridized carbons (Fsp3) is 0.929. The van der Waals surface area contributed by atoms with Gasteiger partial charge in [0.1, 0.15) is 0 Å². The molecule has 1 aromatic rings.